The zero-order valence-corrected chi connectivity index (χ0v) is 17.4. The van der Waals surface area contributed by atoms with Gasteiger partial charge in [0, 0.05) is 12.2 Å². The molecule has 2 aliphatic heterocycles. The molecule has 2 unspecified atom stereocenters. The largest absolute Gasteiger partial charge is 0.364 e. The first-order valence-electron chi connectivity index (χ1n) is 11.8. The van der Waals surface area contributed by atoms with Crippen LogP contribution in [-0.4, -0.2) is 6.54 Å². The molecule has 0 amide bonds. The van der Waals surface area contributed by atoms with E-state index in [1.165, 1.54) is 80.8 Å². The highest BCUT2D eigenvalue weighted by atomic mass is 15.2. The molecule has 3 aliphatic rings. The number of fused-ring (bicyclic) bond motifs is 8. The van der Waals surface area contributed by atoms with Crippen molar-refractivity contribution in [1.29, 1.82) is 0 Å². The Balaban J connectivity index is 1.57. The first-order valence-corrected chi connectivity index (χ1v) is 11.8. The van der Waals surface area contributed by atoms with Crippen LogP contribution in [-0.2, 0) is 12.8 Å². The van der Waals surface area contributed by atoms with E-state index < -0.39 is 0 Å². The predicted molar refractivity (Wildman–Crippen MR) is 123 cm³/mol. The molecule has 2 atom stereocenters. The monoisotopic (exact) mass is 381 g/mol. The highest BCUT2D eigenvalue weighted by Crippen LogP contribution is 2.52. The lowest BCUT2D eigenvalue weighted by Gasteiger charge is -2.47. The lowest BCUT2D eigenvalue weighted by Crippen LogP contribution is -2.39. The number of anilines is 1. The Bertz CT molecular complexity index is 1050. The van der Waals surface area contributed by atoms with E-state index in [1.54, 1.807) is 22.3 Å². The second-order valence-corrected chi connectivity index (χ2v) is 9.43. The second-order valence-electron chi connectivity index (χ2n) is 9.43. The number of aryl methyl sites for hydroxylation is 1. The van der Waals surface area contributed by atoms with Gasteiger partial charge in [0.1, 0.15) is 0 Å². The van der Waals surface area contributed by atoms with Crippen molar-refractivity contribution in [2.45, 2.75) is 69.7 Å². The molecule has 0 aromatic heterocycles. The van der Waals surface area contributed by atoms with E-state index >= 15 is 0 Å². The van der Waals surface area contributed by atoms with Crippen LogP contribution >= 0.6 is 0 Å². The molecule has 1 nitrogen and oxygen atoms in total. The molecule has 1 heteroatoms. The number of hydrogen-bond acceptors (Lipinski definition) is 1. The average molecular weight is 382 g/mol. The van der Waals surface area contributed by atoms with Crippen molar-refractivity contribution >= 4 is 16.5 Å². The van der Waals surface area contributed by atoms with Gasteiger partial charge in [-0.25, -0.2) is 0 Å². The number of para-hydroxylation sites is 1. The number of rotatable bonds is 0. The van der Waals surface area contributed by atoms with Gasteiger partial charge in [0.25, 0.3) is 0 Å². The molecular formula is C28H31N. The second kappa shape index (κ2) is 7.20. The zero-order chi connectivity index (χ0) is 19.2. The first kappa shape index (κ1) is 17.6. The molecular weight excluding hydrogens is 350 g/mol. The van der Waals surface area contributed by atoms with Gasteiger partial charge in [-0.05, 0) is 77.1 Å². The highest BCUT2D eigenvalue weighted by molar-refractivity contribution is 5.91. The van der Waals surface area contributed by atoms with E-state index in [1.807, 2.05) is 0 Å². The Labute approximate surface area is 174 Å². The van der Waals surface area contributed by atoms with Gasteiger partial charge in [-0.3, -0.25) is 0 Å². The minimum absolute atomic E-state index is 0.558. The number of hydrogen-bond donors (Lipinski definition) is 0. The van der Waals surface area contributed by atoms with E-state index in [0.29, 0.717) is 12.0 Å². The van der Waals surface area contributed by atoms with E-state index in [4.69, 9.17) is 0 Å². The molecule has 3 aromatic rings. The van der Waals surface area contributed by atoms with E-state index in [2.05, 4.69) is 59.5 Å². The molecule has 6 rings (SSSR count). The molecule has 148 valence electrons. The fraction of sp³-hybridized carbons (Fsp3) is 0.429. The summed E-state index contributed by atoms with van der Waals surface area (Å²) in [7, 11) is 0. The van der Waals surface area contributed by atoms with Gasteiger partial charge in [-0.2, -0.15) is 0 Å². The zero-order valence-electron chi connectivity index (χ0n) is 17.4. The molecule has 3 aromatic carbocycles. The topological polar surface area (TPSA) is 3.24 Å². The van der Waals surface area contributed by atoms with Gasteiger partial charge in [0.05, 0.1) is 6.04 Å². The first-order chi connectivity index (χ1) is 14.4. The summed E-state index contributed by atoms with van der Waals surface area (Å²) in [4.78, 5) is 2.78. The van der Waals surface area contributed by atoms with Crippen LogP contribution in [0.15, 0.2) is 54.6 Å². The number of nitrogens with zero attached hydrogens (tertiary/aromatic N) is 1. The summed E-state index contributed by atoms with van der Waals surface area (Å²) in [6, 6.07) is 21.7. The third-order valence-electron chi connectivity index (χ3n) is 7.75. The smallest absolute Gasteiger partial charge is 0.0551 e. The predicted octanol–water partition coefficient (Wildman–Crippen LogP) is 7.33. The summed E-state index contributed by atoms with van der Waals surface area (Å²) in [5.41, 5.74) is 7.98. The Kier molecular flexibility index (Phi) is 4.36. The summed E-state index contributed by atoms with van der Waals surface area (Å²) in [6.45, 7) is 1.20. The van der Waals surface area contributed by atoms with E-state index in [-0.39, 0.29) is 0 Å². The highest BCUT2D eigenvalue weighted by Gasteiger charge is 2.38. The molecule has 29 heavy (non-hydrogen) atoms. The fourth-order valence-electron chi connectivity index (χ4n) is 6.37. The summed E-state index contributed by atoms with van der Waals surface area (Å²) in [5.74, 6) is 0.671. The van der Waals surface area contributed by atoms with Gasteiger partial charge < -0.3 is 4.90 Å². The summed E-state index contributed by atoms with van der Waals surface area (Å²) < 4.78 is 0. The molecule has 4 bridgehead atoms. The van der Waals surface area contributed by atoms with Crippen LogP contribution in [0.4, 0.5) is 5.69 Å². The third-order valence-corrected chi connectivity index (χ3v) is 7.75. The molecule has 0 spiro atoms. The maximum atomic E-state index is 2.78. The van der Waals surface area contributed by atoms with Crippen molar-refractivity contribution in [3.8, 4) is 0 Å². The molecule has 1 aliphatic carbocycles. The minimum atomic E-state index is 0.558. The van der Waals surface area contributed by atoms with E-state index in [0.717, 1.165) is 0 Å². The van der Waals surface area contributed by atoms with Crippen molar-refractivity contribution in [1.82, 2.24) is 0 Å². The van der Waals surface area contributed by atoms with Crippen LogP contribution in [0.25, 0.3) is 10.8 Å². The van der Waals surface area contributed by atoms with E-state index in [9.17, 15) is 0 Å². The summed E-state index contributed by atoms with van der Waals surface area (Å²) >= 11 is 0. The van der Waals surface area contributed by atoms with Gasteiger partial charge in [0.2, 0.25) is 0 Å². The summed E-state index contributed by atoms with van der Waals surface area (Å²) in [5, 5.41) is 3.05. The van der Waals surface area contributed by atoms with Crippen molar-refractivity contribution < 1.29 is 0 Å². The van der Waals surface area contributed by atoms with Crippen LogP contribution in [0.2, 0.25) is 0 Å². The van der Waals surface area contributed by atoms with Crippen LogP contribution in [0.5, 0.6) is 0 Å². The summed E-state index contributed by atoms with van der Waals surface area (Å²) in [6.07, 6.45) is 11.9. The maximum absolute atomic E-state index is 2.78. The van der Waals surface area contributed by atoms with Crippen molar-refractivity contribution in [2.24, 2.45) is 0 Å². The Hall–Kier alpha value is -2.28. The van der Waals surface area contributed by atoms with Crippen molar-refractivity contribution in [2.75, 3.05) is 11.4 Å². The van der Waals surface area contributed by atoms with Gasteiger partial charge >= 0.3 is 0 Å². The van der Waals surface area contributed by atoms with Gasteiger partial charge in [-0.1, -0.05) is 74.2 Å². The van der Waals surface area contributed by atoms with Crippen LogP contribution < -0.4 is 4.90 Å². The normalized spacial score (nSPS) is 23.8. The van der Waals surface area contributed by atoms with Crippen LogP contribution in [0.3, 0.4) is 0 Å². The quantitative estimate of drug-likeness (QED) is 0.394. The minimum Gasteiger partial charge on any atom is -0.364 e. The van der Waals surface area contributed by atoms with Crippen LogP contribution in [0, 0.1) is 0 Å². The van der Waals surface area contributed by atoms with Gasteiger partial charge in [-0.15, -0.1) is 0 Å². The molecule has 0 radical (unpaired) electrons. The molecule has 2 heterocycles. The fourth-order valence-corrected chi connectivity index (χ4v) is 6.37. The number of benzene rings is 3. The molecule has 0 saturated carbocycles. The van der Waals surface area contributed by atoms with Crippen LogP contribution in [0.1, 0.15) is 79.2 Å². The van der Waals surface area contributed by atoms with Crippen molar-refractivity contribution in [3.05, 3.63) is 76.9 Å². The van der Waals surface area contributed by atoms with Gasteiger partial charge in [0.15, 0.2) is 0 Å². The van der Waals surface area contributed by atoms with Crippen molar-refractivity contribution in [3.63, 3.8) is 0 Å². The lowest BCUT2D eigenvalue weighted by molar-refractivity contribution is 0.439. The molecule has 0 saturated heterocycles. The average Bonchev–Trinajstić information content (AvgIpc) is 2.79. The Morgan fingerprint density at radius 2 is 1.48 bits per heavy atom. The molecule has 0 fully saturated rings. The molecule has 0 N–H and O–H groups in total. The Morgan fingerprint density at radius 3 is 2.41 bits per heavy atom. The lowest BCUT2D eigenvalue weighted by atomic mass is 9.71. The Morgan fingerprint density at radius 1 is 0.724 bits per heavy atom. The third kappa shape index (κ3) is 2.89. The SMILES string of the molecule is c1ccc2c(c1)C1Cc3c4cc(c5ccccc35)CCCCCCCCN2C4C1. The standard InChI is InChI=1S/C28H31N/c1-2-4-10-16-29-27-15-9-8-13-23(27)21-18-25-24-14-7-6-12-22(24)20(11-5-3-1)17-26(25)28(29)19-21/h6-9,12-15,17,21,28H,1-5,10-11,16,18-19H2. The maximum Gasteiger partial charge on any atom is 0.0551 e.